The molecule has 4 nitrogen and oxygen atoms in total. The zero-order chi connectivity index (χ0) is 11.3. The van der Waals surface area contributed by atoms with E-state index < -0.39 is 5.56 Å². The summed E-state index contributed by atoms with van der Waals surface area (Å²) in [7, 11) is 0. The van der Waals surface area contributed by atoms with Crippen molar-refractivity contribution in [2.75, 3.05) is 0 Å². The molecule has 1 aromatic rings. The van der Waals surface area contributed by atoms with Crippen molar-refractivity contribution in [3.8, 4) is 11.8 Å². The highest BCUT2D eigenvalue weighted by molar-refractivity contribution is 6.30. The van der Waals surface area contributed by atoms with Gasteiger partial charge in [0.25, 0.3) is 5.56 Å². The monoisotopic (exact) mass is 226 g/mol. The number of hydrogen-bond donors (Lipinski definition) is 1. The second-order valence-electron chi connectivity index (χ2n) is 3.16. The van der Waals surface area contributed by atoms with Gasteiger partial charge in [-0.3, -0.25) is 4.79 Å². The molecular weight excluding hydrogens is 216 g/mol. The molecule has 0 aliphatic rings. The molecule has 0 unspecified atom stereocenters. The largest absolute Gasteiger partial charge is 0.503 e. The van der Waals surface area contributed by atoms with Crippen molar-refractivity contribution in [3.05, 3.63) is 27.6 Å². The first kappa shape index (κ1) is 11.6. The van der Waals surface area contributed by atoms with Gasteiger partial charge in [-0.15, -0.1) is 0 Å². The zero-order valence-corrected chi connectivity index (χ0v) is 8.87. The van der Waals surface area contributed by atoms with Crippen molar-refractivity contribution in [1.29, 1.82) is 5.26 Å². The first-order chi connectivity index (χ1) is 7.15. The van der Waals surface area contributed by atoms with Crippen LogP contribution in [0.3, 0.4) is 0 Å². The lowest BCUT2D eigenvalue weighted by atomic mass is 10.2. The van der Waals surface area contributed by atoms with E-state index in [0.717, 1.165) is 6.42 Å². The quantitative estimate of drug-likeness (QED) is 0.798. The van der Waals surface area contributed by atoms with Crippen LogP contribution < -0.4 is 5.56 Å². The number of halogens is 1. The van der Waals surface area contributed by atoms with Gasteiger partial charge in [-0.05, 0) is 12.8 Å². The molecule has 0 spiro atoms. The van der Waals surface area contributed by atoms with E-state index in [4.69, 9.17) is 16.9 Å². The maximum absolute atomic E-state index is 11.4. The summed E-state index contributed by atoms with van der Waals surface area (Å²) < 4.78 is 1.36. The molecule has 0 fully saturated rings. The van der Waals surface area contributed by atoms with Gasteiger partial charge in [0.15, 0.2) is 5.75 Å². The number of aromatic nitrogens is 1. The maximum atomic E-state index is 11.4. The van der Waals surface area contributed by atoms with E-state index in [9.17, 15) is 9.90 Å². The van der Waals surface area contributed by atoms with Crippen LogP contribution in [-0.4, -0.2) is 9.67 Å². The van der Waals surface area contributed by atoms with E-state index in [1.54, 1.807) is 0 Å². The van der Waals surface area contributed by atoms with Crippen LogP contribution in [-0.2, 0) is 6.54 Å². The van der Waals surface area contributed by atoms with E-state index in [-0.39, 0.29) is 5.75 Å². The molecule has 1 rings (SSSR count). The van der Waals surface area contributed by atoms with Gasteiger partial charge in [-0.1, -0.05) is 11.6 Å². The summed E-state index contributed by atoms with van der Waals surface area (Å²) in [5.74, 6) is -0.345. The minimum atomic E-state index is -0.448. The van der Waals surface area contributed by atoms with E-state index in [1.165, 1.54) is 16.8 Å². The van der Waals surface area contributed by atoms with Gasteiger partial charge in [0.2, 0.25) is 0 Å². The molecule has 0 bridgehead atoms. The molecular formula is C10H11ClN2O2. The molecule has 0 atom stereocenters. The highest BCUT2D eigenvalue weighted by Gasteiger charge is 2.03. The third kappa shape index (κ3) is 3.30. The highest BCUT2D eigenvalue weighted by atomic mass is 35.5. The Kier molecular flexibility index (Phi) is 4.19. The summed E-state index contributed by atoms with van der Waals surface area (Å²) in [6, 6.07) is 3.25. The van der Waals surface area contributed by atoms with Gasteiger partial charge in [0.05, 0.1) is 11.1 Å². The average Bonchev–Trinajstić information content (AvgIpc) is 2.19. The second kappa shape index (κ2) is 5.42. The normalized spacial score (nSPS) is 9.87. The number of nitriles is 1. The Morgan fingerprint density at radius 3 is 2.93 bits per heavy atom. The van der Waals surface area contributed by atoms with Gasteiger partial charge < -0.3 is 9.67 Å². The third-order valence-electron chi connectivity index (χ3n) is 1.97. The van der Waals surface area contributed by atoms with Crippen molar-refractivity contribution >= 4 is 11.6 Å². The van der Waals surface area contributed by atoms with Crippen LogP contribution in [0.4, 0.5) is 0 Å². The van der Waals surface area contributed by atoms with E-state index in [1.807, 2.05) is 6.07 Å². The lowest BCUT2D eigenvalue weighted by Gasteiger charge is -2.05. The second-order valence-corrected chi connectivity index (χ2v) is 3.59. The average molecular weight is 227 g/mol. The van der Waals surface area contributed by atoms with Crippen molar-refractivity contribution < 1.29 is 5.11 Å². The summed E-state index contributed by atoms with van der Waals surface area (Å²) in [4.78, 5) is 11.4. The first-order valence-electron chi connectivity index (χ1n) is 4.61. The Balaban J connectivity index is 2.69. The van der Waals surface area contributed by atoms with Crippen molar-refractivity contribution in [1.82, 2.24) is 4.57 Å². The molecule has 0 aliphatic carbocycles. The third-order valence-corrected chi connectivity index (χ3v) is 2.18. The van der Waals surface area contributed by atoms with Crippen LogP contribution in [0, 0.1) is 11.3 Å². The molecule has 1 N–H and O–H groups in total. The molecule has 0 amide bonds. The number of rotatable bonds is 4. The Bertz CT molecular complexity index is 434. The fourth-order valence-corrected chi connectivity index (χ4v) is 1.46. The SMILES string of the molecule is N#CCCCCn1cc(Cl)cc(O)c1=O. The zero-order valence-electron chi connectivity index (χ0n) is 8.11. The number of aromatic hydroxyl groups is 1. The number of aryl methyl sites for hydroxylation is 1. The lowest BCUT2D eigenvalue weighted by molar-refractivity contribution is 0.454. The fraction of sp³-hybridized carbons (Fsp3) is 0.400. The van der Waals surface area contributed by atoms with Crippen LogP contribution in [0.5, 0.6) is 5.75 Å². The van der Waals surface area contributed by atoms with Crippen LogP contribution in [0.25, 0.3) is 0 Å². The summed E-state index contributed by atoms with van der Waals surface area (Å²) >= 11 is 5.69. The number of nitrogens with zero attached hydrogens (tertiary/aromatic N) is 2. The first-order valence-corrected chi connectivity index (χ1v) is 4.99. The molecule has 80 valence electrons. The molecule has 1 heterocycles. The van der Waals surface area contributed by atoms with Crippen molar-refractivity contribution in [3.63, 3.8) is 0 Å². The highest BCUT2D eigenvalue weighted by Crippen LogP contribution is 2.11. The Hall–Kier alpha value is -1.47. The molecule has 5 heteroatoms. The standard InChI is InChI=1S/C10H11ClN2O2/c11-8-6-9(14)10(15)13(7-8)5-3-1-2-4-12/h6-7,14H,1-3,5H2. The van der Waals surface area contributed by atoms with Gasteiger partial charge in [0, 0.05) is 25.2 Å². The molecule has 0 radical (unpaired) electrons. The van der Waals surface area contributed by atoms with Gasteiger partial charge >= 0.3 is 0 Å². The molecule has 0 aliphatic heterocycles. The van der Waals surface area contributed by atoms with Crippen molar-refractivity contribution in [2.24, 2.45) is 0 Å². The molecule has 0 saturated carbocycles. The molecule has 0 saturated heterocycles. The topological polar surface area (TPSA) is 66.0 Å². The lowest BCUT2D eigenvalue weighted by Crippen LogP contribution is -2.18. The summed E-state index contributed by atoms with van der Waals surface area (Å²) in [5, 5.41) is 17.9. The van der Waals surface area contributed by atoms with Gasteiger partial charge in [0.1, 0.15) is 0 Å². The Morgan fingerprint density at radius 1 is 1.53 bits per heavy atom. The van der Waals surface area contributed by atoms with Gasteiger partial charge in [-0.25, -0.2) is 0 Å². The molecule has 1 aromatic heterocycles. The minimum Gasteiger partial charge on any atom is -0.503 e. The van der Waals surface area contributed by atoms with E-state index in [0.29, 0.717) is 24.4 Å². The van der Waals surface area contributed by atoms with Crippen LogP contribution in [0.1, 0.15) is 19.3 Å². The van der Waals surface area contributed by atoms with Crippen LogP contribution in [0.15, 0.2) is 17.1 Å². The summed E-state index contributed by atoms with van der Waals surface area (Å²) in [6.45, 7) is 0.467. The predicted octanol–water partition coefficient (Wildman–Crippen LogP) is 1.90. The van der Waals surface area contributed by atoms with Crippen LogP contribution >= 0.6 is 11.6 Å². The number of pyridine rings is 1. The maximum Gasteiger partial charge on any atom is 0.292 e. The smallest absolute Gasteiger partial charge is 0.292 e. The minimum absolute atomic E-state index is 0.326. The van der Waals surface area contributed by atoms with E-state index >= 15 is 0 Å². The van der Waals surface area contributed by atoms with Gasteiger partial charge in [-0.2, -0.15) is 5.26 Å². The summed E-state index contributed by atoms with van der Waals surface area (Å²) in [5.41, 5.74) is -0.448. The predicted molar refractivity (Wildman–Crippen MR) is 56.8 cm³/mol. The van der Waals surface area contributed by atoms with Crippen molar-refractivity contribution in [2.45, 2.75) is 25.8 Å². The Morgan fingerprint density at radius 2 is 2.27 bits per heavy atom. The van der Waals surface area contributed by atoms with Crippen LogP contribution in [0.2, 0.25) is 5.02 Å². The molecule has 0 aromatic carbocycles. The number of unbranched alkanes of at least 4 members (excludes halogenated alkanes) is 2. The Labute approximate surface area is 92.3 Å². The van der Waals surface area contributed by atoms with E-state index in [2.05, 4.69) is 0 Å². The summed E-state index contributed by atoms with van der Waals surface area (Å²) in [6.07, 6.45) is 3.40. The number of hydrogen-bond acceptors (Lipinski definition) is 3. The molecule has 15 heavy (non-hydrogen) atoms. The fourth-order valence-electron chi connectivity index (χ4n) is 1.24.